The molecule has 1 unspecified atom stereocenters. The normalized spacial score (nSPS) is 19.6. The minimum atomic E-state index is -1.02. The van der Waals surface area contributed by atoms with Gasteiger partial charge in [-0.1, -0.05) is 12.1 Å². The Kier molecular flexibility index (Phi) is 5.55. The maximum absolute atomic E-state index is 12.9. The number of benzene rings is 2. The second-order valence-electron chi connectivity index (χ2n) is 7.83. The number of aliphatic hydroxyl groups excluding tert-OH is 1. The van der Waals surface area contributed by atoms with Gasteiger partial charge in [0.25, 0.3) is 5.91 Å². The highest BCUT2D eigenvalue weighted by atomic mass is 16.3. The van der Waals surface area contributed by atoms with Crippen molar-refractivity contribution in [2.45, 2.75) is 44.4 Å². The quantitative estimate of drug-likeness (QED) is 0.678. The van der Waals surface area contributed by atoms with Crippen LogP contribution in [0.15, 0.2) is 52.9 Å². The van der Waals surface area contributed by atoms with Crippen LogP contribution in [0.2, 0.25) is 0 Å². The number of aliphatic hydroxyl groups is 1. The predicted molar refractivity (Wildman–Crippen MR) is 113 cm³/mol. The third-order valence-corrected chi connectivity index (χ3v) is 5.67. The van der Waals surface area contributed by atoms with Crippen molar-refractivity contribution in [2.24, 2.45) is 0 Å². The van der Waals surface area contributed by atoms with Crippen LogP contribution in [-0.2, 0) is 4.79 Å². The number of fused-ring (bicyclic) bond motifs is 1. The number of carbonyl (C=O) groups is 2. The summed E-state index contributed by atoms with van der Waals surface area (Å²) in [6.07, 6.45) is 1.26. The summed E-state index contributed by atoms with van der Waals surface area (Å²) >= 11 is 0. The number of nitrogens with zero attached hydrogens (tertiary/aromatic N) is 2. The molecule has 2 aromatic carbocycles. The van der Waals surface area contributed by atoms with Crippen molar-refractivity contribution < 1.29 is 19.1 Å². The Labute approximate surface area is 174 Å². The molecule has 1 heterocycles. The zero-order valence-corrected chi connectivity index (χ0v) is 17.0. The maximum Gasteiger partial charge on any atom is 0.253 e. The smallest absolute Gasteiger partial charge is 0.253 e. The summed E-state index contributed by atoms with van der Waals surface area (Å²) in [6.45, 7) is 1.45. The summed E-state index contributed by atoms with van der Waals surface area (Å²) in [4.78, 5) is 30.8. The number of hydrogen-bond acceptors (Lipinski definition) is 5. The van der Waals surface area contributed by atoms with E-state index in [-0.39, 0.29) is 23.9 Å². The summed E-state index contributed by atoms with van der Waals surface area (Å²) in [7, 11) is 1.79. The standard InChI is InChI=1S/C23H25N3O4/c1-14(27)21(28)24-17-11-12-18(13-17)26(2)23(29)16-9-7-15(8-10-16)22-25-19-5-3-4-6-20(19)30-22/h3-10,14,17-18,27H,11-13H2,1-2H3,(H,24,28)/t14?,17-,18+/m0/s1. The van der Waals surface area contributed by atoms with Crippen LogP contribution in [0.3, 0.4) is 0 Å². The van der Waals surface area contributed by atoms with Crippen molar-refractivity contribution in [3.63, 3.8) is 0 Å². The average Bonchev–Trinajstić information content (AvgIpc) is 3.39. The Morgan fingerprint density at radius 2 is 1.90 bits per heavy atom. The molecule has 156 valence electrons. The lowest BCUT2D eigenvalue weighted by Crippen LogP contribution is -2.41. The molecule has 3 atom stereocenters. The van der Waals surface area contributed by atoms with E-state index in [0.29, 0.717) is 17.9 Å². The molecule has 2 N–H and O–H groups in total. The molecule has 0 saturated heterocycles. The largest absolute Gasteiger partial charge is 0.436 e. The maximum atomic E-state index is 12.9. The van der Waals surface area contributed by atoms with Crippen LogP contribution in [0, 0.1) is 0 Å². The van der Waals surface area contributed by atoms with E-state index in [9.17, 15) is 14.7 Å². The van der Waals surface area contributed by atoms with Gasteiger partial charge in [0, 0.05) is 30.3 Å². The van der Waals surface area contributed by atoms with Crippen LogP contribution < -0.4 is 5.32 Å². The molecule has 3 aromatic rings. The zero-order chi connectivity index (χ0) is 21.3. The molecular formula is C23H25N3O4. The van der Waals surface area contributed by atoms with Crippen molar-refractivity contribution in [1.29, 1.82) is 0 Å². The van der Waals surface area contributed by atoms with Gasteiger partial charge >= 0.3 is 0 Å². The number of nitrogens with one attached hydrogen (secondary N) is 1. The molecule has 0 bridgehead atoms. The highest BCUT2D eigenvalue weighted by Crippen LogP contribution is 2.27. The van der Waals surface area contributed by atoms with E-state index in [2.05, 4.69) is 10.3 Å². The highest BCUT2D eigenvalue weighted by Gasteiger charge is 2.31. The number of amides is 2. The topological polar surface area (TPSA) is 95.7 Å². The van der Waals surface area contributed by atoms with Crippen LogP contribution >= 0.6 is 0 Å². The van der Waals surface area contributed by atoms with Gasteiger partial charge in [0.05, 0.1) is 0 Å². The van der Waals surface area contributed by atoms with E-state index in [4.69, 9.17) is 4.42 Å². The second-order valence-corrected chi connectivity index (χ2v) is 7.83. The summed E-state index contributed by atoms with van der Waals surface area (Å²) in [5.41, 5.74) is 2.93. The Morgan fingerprint density at radius 3 is 2.60 bits per heavy atom. The lowest BCUT2D eigenvalue weighted by Gasteiger charge is -2.25. The minimum absolute atomic E-state index is 0.0196. The van der Waals surface area contributed by atoms with Crippen LogP contribution in [0.4, 0.5) is 0 Å². The van der Waals surface area contributed by atoms with Gasteiger partial charge < -0.3 is 19.7 Å². The third kappa shape index (κ3) is 4.07. The van der Waals surface area contributed by atoms with Crippen molar-refractivity contribution in [3.8, 4) is 11.5 Å². The van der Waals surface area contributed by atoms with Gasteiger partial charge in [0.2, 0.25) is 11.8 Å². The Hall–Kier alpha value is -3.19. The molecule has 1 aliphatic carbocycles. The molecule has 2 amide bonds. The van der Waals surface area contributed by atoms with Gasteiger partial charge in [-0.15, -0.1) is 0 Å². The van der Waals surface area contributed by atoms with Crippen molar-refractivity contribution >= 4 is 22.9 Å². The molecule has 30 heavy (non-hydrogen) atoms. The van der Waals surface area contributed by atoms with E-state index in [1.54, 1.807) is 24.1 Å². The molecule has 0 spiro atoms. The summed E-state index contributed by atoms with van der Waals surface area (Å²) < 4.78 is 5.78. The second kappa shape index (κ2) is 8.28. The molecule has 7 nitrogen and oxygen atoms in total. The van der Waals surface area contributed by atoms with Gasteiger partial charge in [0.15, 0.2) is 5.58 Å². The summed E-state index contributed by atoms with van der Waals surface area (Å²) in [5, 5.41) is 12.2. The fourth-order valence-corrected chi connectivity index (χ4v) is 3.88. The molecule has 4 rings (SSSR count). The van der Waals surface area contributed by atoms with E-state index < -0.39 is 6.10 Å². The van der Waals surface area contributed by atoms with Crippen LogP contribution in [0.5, 0.6) is 0 Å². The van der Waals surface area contributed by atoms with Crippen molar-refractivity contribution in [2.75, 3.05) is 7.05 Å². The Morgan fingerprint density at radius 1 is 1.17 bits per heavy atom. The first-order valence-electron chi connectivity index (χ1n) is 10.1. The molecule has 1 aliphatic rings. The lowest BCUT2D eigenvalue weighted by molar-refractivity contribution is -0.129. The number of carbonyl (C=O) groups excluding carboxylic acids is 2. The first-order chi connectivity index (χ1) is 14.4. The number of rotatable bonds is 5. The predicted octanol–water partition coefficient (Wildman–Crippen LogP) is 2.98. The van der Waals surface area contributed by atoms with Gasteiger partial charge in [-0.2, -0.15) is 0 Å². The molecule has 7 heteroatoms. The first-order valence-corrected chi connectivity index (χ1v) is 10.1. The summed E-state index contributed by atoms with van der Waals surface area (Å²) in [6, 6.07) is 14.9. The van der Waals surface area contributed by atoms with E-state index in [0.717, 1.165) is 29.5 Å². The van der Waals surface area contributed by atoms with Crippen LogP contribution in [-0.4, -0.2) is 52.0 Å². The van der Waals surface area contributed by atoms with E-state index >= 15 is 0 Å². The van der Waals surface area contributed by atoms with E-state index in [1.165, 1.54) is 6.92 Å². The van der Waals surface area contributed by atoms with Gasteiger partial charge in [-0.3, -0.25) is 9.59 Å². The average molecular weight is 407 g/mol. The summed E-state index contributed by atoms with van der Waals surface area (Å²) in [5.74, 6) is 0.0899. The fraction of sp³-hybridized carbons (Fsp3) is 0.348. The number of hydrogen-bond donors (Lipinski definition) is 2. The number of para-hydroxylation sites is 2. The highest BCUT2D eigenvalue weighted by molar-refractivity contribution is 5.94. The molecule has 1 aromatic heterocycles. The van der Waals surface area contributed by atoms with Crippen molar-refractivity contribution in [1.82, 2.24) is 15.2 Å². The van der Waals surface area contributed by atoms with Gasteiger partial charge in [-0.25, -0.2) is 4.98 Å². The number of aromatic nitrogens is 1. The van der Waals surface area contributed by atoms with Gasteiger partial charge in [-0.05, 0) is 62.6 Å². The Bertz CT molecular complexity index is 1020. The third-order valence-electron chi connectivity index (χ3n) is 5.67. The molecule has 1 fully saturated rings. The molecule has 0 aliphatic heterocycles. The van der Waals surface area contributed by atoms with Crippen LogP contribution in [0.25, 0.3) is 22.6 Å². The monoisotopic (exact) mass is 407 g/mol. The minimum Gasteiger partial charge on any atom is -0.436 e. The number of oxazole rings is 1. The lowest BCUT2D eigenvalue weighted by atomic mass is 10.1. The molecule has 1 saturated carbocycles. The van der Waals surface area contributed by atoms with Gasteiger partial charge in [0.1, 0.15) is 11.6 Å². The first kappa shape index (κ1) is 20.1. The molecular weight excluding hydrogens is 382 g/mol. The van der Waals surface area contributed by atoms with Crippen molar-refractivity contribution in [3.05, 3.63) is 54.1 Å². The Balaban J connectivity index is 1.41. The fourth-order valence-electron chi connectivity index (χ4n) is 3.88. The zero-order valence-electron chi connectivity index (χ0n) is 17.0. The SMILES string of the molecule is CC(O)C(=O)N[C@H]1CC[C@@H](N(C)C(=O)c2ccc(-c3nc4ccccc4o3)cc2)C1. The van der Waals surface area contributed by atoms with Crippen LogP contribution in [0.1, 0.15) is 36.5 Å². The molecule has 0 radical (unpaired) electrons. The van der Waals surface area contributed by atoms with E-state index in [1.807, 2.05) is 36.4 Å².